The number of amides is 2. The second-order valence-corrected chi connectivity index (χ2v) is 12.2. The van der Waals surface area contributed by atoms with E-state index in [1.807, 2.05) is 53.4 Å². The summed E-state index contributed by atoms with van der Waals surface area (Å²) in [6.45, 7) is 1.40. The van der Waals surface area contributed by atoms with E-state index in [0.29, 0.717) is 26.1 Å². The Kier molecular flexibility index (Phi) is 6.83. The number of fused-ring (bicyclic) bond motifs is 8. The monoisotopic (exact) mass is 586 g/mol. The molecule has 0 saturated carbocycles. The SMILES string of the molecule is O=C(NC1CC2COCC(C1)N2C(=O)OCC1c2ccccc2-c2ccccc21)OCC1c2ccccc2-c2ccccc21. The Hall–Kier alpha value is -4.62. The molecular weight excluding hydrogens is 552 g/mol. The second kappa shape index (κ2) is 11.1. The number of rotatable bonds is 5. The average Bonchev–Trinajstić information content (AvgIpc) is 3.55. The Morgan fingerprint density at radius 3 is 1.50 bits per heavy atom. The van der Waals surface area contributed by atoms with Crippen LogP contribution >= 0.6 is 0 Å². The fourth-order valence-electron chi connectivity index (χ4n) is 7.81. The Labute approximate surface area is 256 Å². The van der Waals surface area contributed by atoms with Crippen LogP contribution in [0.2, 0.25) is 0 Å². The van der Waals surface area contributed by atoms with Gasteiger partial charge < -0.3 is 19.5 Å². The normalized spacial score (nSPS) is 21.5. The van der Waals surface area contributed by atoms with E-state index in [0.717, 1.165) is 0 Å². The fourth-order valence-corrected chi connectivity index (χ4v) is 7.81. The zero-order chi connectivity index (χ0) is 29.6. The van der Waals surface area contributed by atoms with Crippen LogP contribution in [0, 0.1) is 0 Å². The molecule has 1 N–H and O–H groups in total. The molecule has 7 nitrogen and oxygen atoms in total. The first kappa shape index (κ1) is 27.0. The number of hydrogen-bond donors (Lipinski definition) is 1. The van der Waals surface area contributed by atoms with E-state index in [1.54, 1.807) is 0 Å². The van der Waals surface area contributed by atoms with Crippen molar-refractivity contribution in [2.75, 3.05) is 26.4 Å². The number of carbonyl (C=O) groups is 2. The number of nitrogens with zero attached hydrogens (tertiary/aromatic N) is 1. The first-order valence-electron chi connectivity index (χ1n) is 15.5. The summed E-state index contributed by atoms with van der Waals surface area (Å²) in [6, 6.07) is 32.8. The molecule has 2 bridgehead atoms. The van der Waals surface area contributed by atoms with Crippen molar-refractivity contribution >= 4 is 12.2 Å². The number of alkyl carbamates (subject to hydrolysis) is 1. The van der Waals surface area contributed by atoms with Crippen LogP contribution in [0.3, 0.4) is 0 Å². The standard InChI is InChI=1S/C37H34N2O5/c40-36(43-21-34-30-13-5-1-9-26(30)27-10-2-6-14-31(27)34)38-23-17-24-19-42-20-25(18-23)39(24)37(41)44-22-35-32-15-7-3-11-28(32)29-12-4-8-16-33(29)35/h1-16,23-25,34-35H,17-22H2,(H,38,40). The Bertz CT molecular complexity index is 1630. The second-order valence-electron chi connectivity index (χ2n) is 12.2. The van der Waals surface area contributed by atoms with E-state index >= 15 is 0 Å². The molecule has 2 aliphatic heterocycles. The molecule has 0 radical (unpaired) electrons. The molecule has 4 aromatic carbocycles. The van der Waals surface area contributed by atoms with Crippen molar-refractivity contribution in [2.45, 2.75) is 42.8 Å². The lowest BCUT2D eigenvalue weighted by atomic mass is 9.90. The summed E-state index contributed by atoms with van der Waals surface area (Å²) in [5, 5.41) is 3.08. The van der Waals surface area contributed by atoms with Crippen LogP contribution in [0.1, 0.15) is 46.9 Å². The maximum Gasteiger partial charge on any atom is 0.410 e. The van der Waals surface area contributed by atoms with E-state index in [1.165, 1.54) is 44.5 Å². The van der Waals surface area contributed by atoms with Crippen LogP contribution < -0.4 is 5.32 Å². The molecule has 4 aromatic rings. The van der Waals surface area contributed by atoms with Gasteiger partial charge in [0.05, 0.1) is 25.3 Å². The van der Waals surface area contributed by atoms with Crippen LogP contribution in [-0.4, -0.2) is 61.6 Å². The summed E-state index contributed by atoms with van der Waals surface area (Å²) in [5.41, 5.74) is 9.56. The molecule has 2 fully saturated rings. The molecular formula is C37H34N2O5. The third-order valence-electron chi connectivity index (χ3n) is 9.73. The topological polar surface area (TPSA) is 77.1 Å². The van der Waals surface area contributed by atoms with Crippen molar-refractivity contribution < 1.29 is 23.8 Å². The quantitative estimate of drug-likeness (QED) is 0.282. The summed E-state index contributed by atoms with van der Waals surface area (Å²) >= 11 is 0. The van der Waals surface area contributed by atoms with Gasteiger partial charge in [-0.05, 0) is 57.3 Å². The zero-order valence-corrected chi connectivity index (χ0v) is 24.4. The van der Waals surface area contributed by atoms with Crippen LogP contribution in [0.15, 0.2) is 97.1 Å². The molecule has 8 rings (SSSR count). The first-order chi connectivity index (χ1) is 21.7. The summed E-state index contributed by atoms with van der Waals surface area (Å²) in [5.74, 6) is 0.0200. The van der Waals surface area contributed by atoms with Crippen LogP contribution in [-0.2, 0) is 14.2 Å². The summed E-state index contributed by atoms with van der Waals surface area (Å²) in [4.78, 5) is 28.4. The van der Waals surface area contributed by atoms with Gasteiger partial charge in [0.25, 0.3) is 0 Å². The highest BCUT2D eigenvalue weighted by Gasteiger charge is 2.43. The molecule has 222 valence electrons. The highest BCUT2D eigenvalue weighted by molar-refractivity contribution is 5.80. The Morgan fingerprint density at radius 2 is 1.05 bits per heavy atom. The van der Waals surface area contributed by atoms with Gasteiger partial charge >= 0.3 is 12.2 Å². The number of carbonyl (C=O) groups excluding carboxylic acids is 2. The first-order valence-corrected chi connectivity index (χ1v) is 15.5. The molecule has 44 heavy (non-hydrogen) atoms. The molecule has 0 aromatic heterocycles. The lowest BCUT2D eigenvalue weighted by Gasteiger charge is -2.47. The van der Waals surface area contributed by atoms with Gasteiger partial charge in [0.1, 0.15) is 13.2 Å². The summed E-state index contributed by atoms with van der Waals surface area (Å²) in [7, 11) is 0. The third-order valence-corrected chi connectivity index (χ3v) is 9.73. The van der Waals surface area contributed by atoms with Crippen molar-refractivity contribution in [3.05, 3.63) is 119 Å². The van der Waals surface area contributed by atoms with Gasteiger partial charge in [-0.2, -0.15) is 0 Å². The van der Waals surface area contributed by atoms with E-state index in [4.69, 9.17) is 14.2 Å². The molecule has 2 heterocycles. The van der Waals surface area contributed by atoms with E-state index in [2.05, 4.69) is 53.8 Å². The van der Waals surface area contributed by atoms with Crippen molar-refractivity contribution in [2.24, 2.45) is 0 Å². The lowest BCUT2D eigenvalue weighted by Crippen LogP contribution is -2.62. The predicted octanol–water partition coefficient (Wildman–Crippen LogP) is 6.71. The summed E-state index contributed by atoms with van der Waals surface area (Å²) in [6.07, 6.45) is 0.436. The maximum atomic E-state index is 13.5. The molecule has 4 aliphatic rings. The molecule has 2 aliphatic carbocycles. The van der Waals surface area contributed by atoms with E-state index < -0.39 is 6.09 Å². The van der Waals surface area contributed by atoms with E-state index in [-0.39, 0.29) is 49.3 Å². The number of nitrogens with one attached hydrogen (secondary N) is 1. The number of benzene rings is 4. The van der Waals surface area contributed by atoms with Crippen LogP contribution in [0.5, 0.6) is 0 Å². The average molecular weight is 587 g/mol. The van der Waals surface area contributed by atoms with Gasteiger partial charge in [-0.1, -0.05) is 97.1 Å². The number of hydrogen-bond acceptors (Lipinski definition) is 5. The molecule has 2 saturated heterocycles. The molecule has 7 heteroatoms. The minimum Gasteiger partial charge on any atom is -0.449 e. The van der Waals surface area contributed by atoms with Crippen LogP contribution in [0.4, 0.5) is 9.59 Å². The molecule has 2 atom stereocenters. The number of ether oxygens (including phenoxy) is 3. The lowest BCUT2D eigenvalue weighted by molar-refractivity contribution is -0.0721. The van der Waals surface area contributed by atoms with Crippen molar-refractivity contribution in [1.82, 2.24) is 10.2 Å². The molecule has 0 spiro atoms. The third kappa shape index (κ3) is 4.63. The van der Waals surface area contributed by atoms with Gasteiger partial charge in [0.2, 0.25) is 0 Å². The van der Waals surface area contributed by atoms with Gasteiger partial charge in [-0.25, -0.2) is 9.59 Å². The zero-order valence-electron chi connectivity index (χ0n) is 24.4. The Morgan fingerprint density at radius 1 is 0.636 bits per heavy atom. The number of piperidine rings is 1. The van der Waals surface area contributed by atoms with Crippen molar-refractivity contribution in [3.63, 3.8) is 0 Å². The minimum atomic E-state index is -0.426. The highest BCUT2D eigenvalue weighted by atomic mass is 16.6. The number of morpholine rings is 1. The van der Waals surface area contributed by atoms with Gasteiger partial charge in [-0.3, -0.25) is 4.90 Å². The van der Waals surface area contributed by atoms with Gasteiger partial charge in [0.15, 0.2) is 0 Å². The highest BCUT2D eigenvalue weighted by Crippen LogP contribution is 2.46. The van der Waals surface area contributed by atoms with Gasteiger partial charge in [-0.15, -0.1) is 0 Å². The smallest absolute Gasteiger partial charge is 0.410 e. The largest absolute Gasteiger partial charge is 0.449 e. The van der Waals surface area contributed by atoms with Crippen molar-refractivity contribution in [3.8, 4) is 22.3 Å². The van der Waals surface area contributed by atoms with Crippen molar-refractivity contribution in [1.29, 1.82) is 0 Å². The molecule has 2 unspecified atom stereocenters. The van der Waals surface area contributed by atoms with Gasteiger partial charge in [0, 0.05) is 17.9 Å². The molecule has 2 amide bonds. The Balaban J connectivity index is 0.893. The van der Waals surface area contributed by atoms with Crippen LogP contribution in [0.25, 0.3) is 22.3 Å². The summed E-state index contributed by atoms with van der Waals surface area (Å²) < 4.78 is 17.6. The van der Waals surface area contributed by atoms with E-state index in [9.17, 15) is 9.59 Å². The maximum absolute atomic E-state index is 13.5. The minimum absolute atomic E-state index is 0.00946. The predicted molar refractivity (Wildman–Crippen MR) is 167 cm³/mol. The fraction of sp³-hybridized carbons (Fsp3) is 0.297.